The zero-order chi connectivity index (χ0) is 11.3. The molecule has 0 spiro atoms. The van der Waals surface area contributed by atoms with Crippen LogP contribution in [0.25, 0.3) is 0 Å². The summed E-state index contributed by atoms with van der Waals surface area (Å²) in [5.74, 6) is 0.480. The Labute approximate surface area is 90.6 Å². The second-order valence-corrected chi connectivity index (χ2v) is 5.72. The Kier molecular flexibility index (Phi) is 2.23. The summed E-state index contributed by atoms with van der Waals surface area (Å²) in [6, 6.07) is 0. The first-order chi connectivity index (χ1) is 6.89. The summed E-state index contributed by atoms with van der Waals surface area (Å²) in [7, 11) is 0. The fourth-order valence-corrected chi connectivity index (χ4v) is 3.44. The number of hydrogen-bond donors (Lipinski definition) is 2. The van der Waals surface area contributed by atoms with Crippen LogP contribution in [0.2, 0.25) is 0 Å². The molecule has 0 bridgehead atoms. The number of rotatable bonds is 0. The van der Waals surface area contributed by atoms with E-state index in [2.05, 4.69) is 26.1 Å². The lowest BCUT2D eigenvalue weighted by molar-refractivity contribution is 0.0270. The minimum Gasteiger partial charge on any atom is -0.465 e. The maximum Gasteiger partial charge on any atom is 0.407 e. The summed E-state index contributed by atoms with van der Waals surface area (Å²) in [5.41, 5.74) is -0.200. The largest absolute Gasteiger partial charge is 0.465 e. The minimum absolute atomic E-state index is 0.00391. The van der Waals surface area contributed by atoms with Gasteiger partial charge in [-0.3, -0.25) is 0 Å². The standard InChI is InChI=1S/C11H20N2O2/c1-10(2,3)11-7-12-6-8(11)4-5-13(11)9(14)15/h8,12H,4-7H2,1-3H3,(H,14,15)/t8-,11-/m0/s1. The van der Waals surface area contributed by atoms with Gasteiger partial charge in [-0.05, 0) is 17.8 Å². The number of nitrogens with zero attached hydrogens (tertiary/aromatic N) is 1. The molecule has 0 unspecified atom stereocenters. The first-order valence-electron chi connectivity index (χ1n) is 5.61. The number of fused-ring (bicyclic) bond motifs is 1. The Bertz CT molecular complexity index is 285. The quantitative estimate of drug-likeness (QED) is 0.637. The molecule has 0 radical (unpaired) electrons. The summed E-state index contributed by atoms with van der Waals surface area (Å²) in [5, 5.41) is 12.6. The van der Waals surface area contributed by atoms with Gasteiger partial charge in [0, 0.05) is 19.6 Å². The molecule has 2 atom stereocenters. The van der Waals surface area contributed by atoms with E-state index in [1.54, 1.807) is 4.90 Å². The van der Waals surface area contributed by atoms with E-state index in [0.29, 0.717) is 12.5 Å². The van der Waals surface area contributed by atoms with Crippen molar-refractivity contribution in [1.29, 1.82) is 0 Å². The smallest absolute Gasteiger partial charge is 0.407 e. The molecule has 4 nitrogen and oxygen atoms in total. The van der Waals surface area contributed by atoms with Gasteiger partial charge in [0.25, 0.3) is 0 Å². The van der Waals surface area contributed by atoms with Crippen LogP contribution in [0.5, 0.6) is 0 Å². The van der Waals surface area contributed by atoms with Crippen molar-refractivity contribution >= 4 is 6.09 Å². The molecule has 2 rings (SSSR count). The van der Waals surface area contributed by atoms with Gasteiger partial charge in [0.1, 0.15) is 0 Å². The lowest BCUT2D eigenvalue weighted by Gasteiger charge is -2.46. The third-order valence-corrected chi connectivity index (χ3v) is 4.17. The topological polar surface area (TPSA) is 52.6 Å². The second kappa shape index (κ2) is 3.11. The van der Waals surface area contributed by atoms with Gasteiger partial charge in [-0.1, -0.05) is 20.8 Å². The summed E-state index contributed by atoms with van der Waals surface area (Å²) in [6.07, 6.45) is 0.229. The molecular weight excluding hydrogens is 192 g/mol. The van der Waals surface area contributed by atoms with Crippen LogP contribution < -0.4 is 5.32 Å². The molecule has 0 aromatic rings. The Hall–Kier alpha value is -0.770. The van der Waals surface area contributed by atoms with Crippen molar-refractivity contribution in [2.45, 2.75) is 32.7 Å². The van der Waals surface area contributed by atoms with Crippen LogP contribution in [0.15, 0.2) is 0 Å². The maximum atomic E-state index is 11.3. The van der Waals surface area contributed by atoms with E-state index in [9.17, 15) is 9.90 Å². The average molecular weight is 212 g/mol. The first-order valence-corrected chi connectivity index (χ1v) is 5.61. The van der Waals surface area contributed by atoms with E-state index in [-0.39, 0.29) is 11.0 Å². The zero-order valence-electron chi connectivity index (χ0n) is 9.71. The van der Waals surface area contributed by atoms with Gasteiger partial charge >= 0.3 is 6.09 Å². The number of carbonyl (C=O) groups is 1. The van der Waals surface area contributed by atoms with E-state index < -0.39 is 6.09 Å². The lowest BCUT2D eigenvalue weighted by atomic mass is 9.68. The van der Waals surface area contributed by atoms with Gasteiger partial charge in [0.2, 0.25) is 0 Å². The maximum absolute atomic E-state index is 11.3. The molecule has 2 aliphatic rings. The van der Waals surface area contributed by atoms with Gasteiger partial charge in [-0.2, -0.15) is 0 Å². The van der Waals surface area contributed by atoms with E-state index in [1.165, 1.54) is 0 Å². The molecule has 2 fully saturated rings. The normalized spacial score (nSPS) is 35.7. The van der Waals surface area contributed by atoms with Crippen molar-refractivity contribution in [3.05, 3.63) is 0 Å². The third-order valence-electron chi connectivity index (χ3n) is 4.17. The predicted molar refractivity (Wildman–Crippen MR) is 57.9 cm³/mol. The molecule has 4 heteroatoms. The summed E-state index contributed by atoms with van der Waals surface area (Å²) in [6.45, 7) is 8.89. The fourth-order valence-electron chi connectivity index (χ4n) is 3.44. The van der Waals surface area contributed by atoms with E-state index in [1.807, 2.05) is 0 Å². The molecule has 0 aromatic carbocycles. The molecule has 2 heterocycles. The highest BCUT2D eigenvalue weighted by Gasteiger charge is 2.59. The Morgan fingerprint density at radius 1 is 1.53 bits per heavy atom. The van der Waals surface area contributed by atoms with Gasteiger partial charge in [-0.25, -0.2) is 4.79 Å². The van der Waals surface area contributed by atoms with Crippen LogP contribution in [-0.2, 0) is 0 Å². The van der Waals surface area contributed by atoms with E-state index in [4.69, 9.17) is 0 Å². The third kappa shape index (κ3) is 1.27. The lowest BCUT2D eigenvalue weighted by Crippen LogP contribution is -2.59. The summed E-state index contributed by atoms with van der Waals surface area (Å²) < 4.78 is 0. The van der Waals surface area contributed by atoms with Crippen LogP contribution in [0, 0.1) is 11.3 Å². The zero-order valence-corrected chi connectivity index (χ0v) is 9.71. The number of nitrogens with one attached hydrogen (secondary N) is 1. The Morgan fingerprint density at radius 3 is 2.73 bits per heavy atom. The van der Waals surface area contributed by atoms with Crippen molar-refractivity contribution in [2.75, 3.05) is 19.6 Å². The highest BCUT2D eigenvalue weighted by atomic mass is 16.4. The molecule has 15 heavy (non-hydrogen) atoms. The van der Waals surface area contributed by atoms with E-state index >= 15 is 0 Å². The SMILES string of the molecule is CC(C)(C)[C@]12CNC[C@@H]1CCN2C(=O)O. The summed E-state index contributed by atoms with van der Waals surface area (Å²) in [4.78, 5) is 13.0. The fraction of sp³-hybridized carbons (Fsp3) is 0.909. The molecule has 2 aliphatic heterocycles. The van der Waals surface area contributed by atoms with Crippen molar-refractivity contribution in [3.63, 3.8) is 0 Å². The minimum atomic E-state index is -0.767. The number of likely N-dealkylation sites (tertiary alicyclic amines) is 1. The van der Waals surface area contributed by atoms with Crippen LogP contribution in [-0.4, -0.2) is 41.3 Å². The molecule has 2 N–H and O–H groups in total. The molecule has 2 saturated heterocycles. The van der Waals surface area contributed by atoms with Gasteiger partial charge in [0.05, 0.1) is 5.54 Å². The number of hydrogen-bond acceptors (Lipinski definition) is 2. The van der Waals surface area contributed by atoms with Crippen LogP contribution in [0.3, 0.4) is 0 Å². The van der Waals surface area contributed by atoms with Crippen LogP contribution in [0.4, 0.5) is 4.79 Å². The Morgan fingerprint density at radius 2 is 2.20 bits per heavy atom. The van der Waals surface area contributed by atoms with Crippen LogP contribution in [0.1, 0.15) is 27.2 Å². The van der Waals surface area contributed by atoms with E-state index in [0.717, 1.165) is 19.5 Å². The van der Waals surface area contributed by atoms with Gasteiger partial charge in [0.15, 0.2) is 0 Å². The van der Waals surface area contributed by atoms with Gasteiger partial charge in [-0.15, -0.1) is 0 Å². The first kappa shape index (κ1) is 10.7. The number of amides is 1. The van der Waals surface area contributed by atoms with Crippen molar-refractivity contribution < 1.29 is 9.90 Å². The molecular formula is C11H20N2O2. The molecule has 1 amide bonds. The molecule has 86 valence electrons. The van der Waals surface area contributed by atoms with Crippen molar-refractivity contribution in [1.82, 2.24) is 10.2 Å². The molecule has 0 saturated carbocycles. The molecule has 0 aliphatic carbocycles. The highest BCUT2D eigenvalue weighted by molar-refractivity contribution is 5.67. The van der Waals surface area contributed by atoms with Crippen LogP contribution >= 0.6 is 0 Å². The number of carboxylic acid groups (broad SMARTS) is 1. The summed E-state index contributed by atoms with van der Waals surface area (Å²) >= 11 is 0. The molecule has 0 aromatic heterocycles. The second-order valence-electron chi connectivity index (χ2n) is 5.72. The van der Waals surface area contributed by atoms with Crippen molar-refractivity contribution in [3.8, 4) is 0 Å². The predicted octanol–water partition coefficient (Wildman–Crippen LogP) is 1.37. The van der Waals surface area contributed by atoms with Crippen molar-refractivity contribution in [2.24, 2.45) is 11.3 Å². The Balaban J connectivity index is 2.41. The monoisotopic (exact) mass is 212 g/mol. The average Bonchev–Trinajstić information content (AvgIpc) is 2.55. The highest BCUT2D eigenvalue weighted by Crippen LogP contribution is 2.49. The van der Waals surface area contributed by atoms with Gasteiger partial charge < -0.3 is 15.3 Å².